The summed E-state index contributed by atoms with van der Waals surface area (Å²) in [5, 5.41) is 2.14. The van der Waals surface area contributed by atoms with Gasteiger partial charge in [-0.1, -0.05) is 12.1 Å². The molecule has 4 heteroatoms. The average Bonchev–Trinajstić information content (AvgIpc) is 2.88. The fraction of sp³-hybridized carbons (Fsp3) is 0.333. The number of ether oxygens (including phenoxy) is 1. The van der Waals surface area contributed by atoms with Gasteiger partial charge in [0.2, 0.25) is 0 Å². The molecular formula is C15H16INOS. The van der Waals surface area contributed by atoms with Gasteiger partial charge in [0.15, 0.2) is 0 Å². The number of thiophene rings is 1. The molecule has 0 saturated heterocycles. The number of rotatable bonds is 2. The normalized spacial score (nSPS) is 17.9. The minimum absolute atomic E-state index is 0.0474. The topological polar surface area (TPSA) is 35.2 Å². The predicted octanol–water partition coefficient (Wildman–Crippen LogP) is 4.11. The summed E-state index contributed by atoms with van der Waals surface area (Å²) >= 11 is 4.06. The summed E-state index contributed by atoms with van der Waals surface area (Å²) in [6.07, 6.45) is 0.948. The van der Waals surface area contributed by atoms with Crippen molar-refractivity contribution >= 4 is 33.9 Å². The van der Waals surface area contributed by atoms with Gasteiger partial charge in [0.05, 0.1) is 8.93 Å². The standard InChI is InChI=1S/C15H16INOS/c1-15(2)7-10-5-9(3-4-12(10)18-15)14(17)11-6-13(16)19-8-11/h3-6,8,14H,7,17H2,1-2H3. The molecule has 1 aliphatic rings. The van der Waals surface area contributed by atoms with Crippen LogP contribution in [0.2, 0.25) is 0 Å². The molecule has 1 aliphatic heterocycles. The summed E-state index contributed by atoms with van der Waals surface area (Å²) in [5.41, 5.74) is 9.87. The van der Waals surface area contributed by atoms with Crippen LogP contribution in [-0.2, 0) is 6.42 Å². The van der Waals surface area contributed by atoms with E-state index in [1.54, 1.807) is 11.3 Å². The van der Waals surface area contributed by atoms with Crippen LogP contribution in [0.1, 0.15) is 36.6 Å². The molecule has 0 spiro atoms. The van der Waals surface area contributed by atoms with Crippen molar-refractivity contribution in [3.8, 4) is 5.75 Å². The van der Waals surface area contributed by atoms with Crippen LogP contribution < -0.4 is 10.5 Å². The third-order valence-electron chi connectivity index (χ3n) is 3.39. The van der Waals surface area contributed by atoms with Crippen LogP contribution in [0.15, 0.2) is 29.6 Å². The molecule has 19 heavy (non-hydrogen) atoms. The van der Waals surface area contributed by atoms with Crippen molar-refractivity contribution in [1.29, 1.82) is 0 Å². The summed E-state index contributed by atoms with van der Waals surface area (Å²) in [6.45, 7) is 4.24. The van der Waals surface area contributed by atoms with Crippen LogP contribution >= 0.6 is 33.9 Å². The lowest BCUT2D eigenvalue weighted by Crippen LogP contribution is -2.24. The number of halogens is 1. The van der Waals surface area contributed by atoms with Crippen molar-refractivity contribution in [1.82, 2.24) is 0 Å². The van der Waals surface area contributed by atoms with E-state index in [0.29, 0.717) is 0 Å². The van der Waals surface area contributed by atoms with Gasteiger partial charge in [0.25, 0.3) is 0 Å². The Labute approximate surface area is 131 Å². The molecule has 0 radical (unpaired) electrons. The maximum Gasteiger partial charge on any atom is 0.123 e. The van der Waals surface area contributed by atoms with E-state index in [2.05, 4.69) is 66.1 Å². The van der Waals surface area contributed by atoms with Crippen molar-refractivity contribution < 1.29 is 4.74 Å². The van der Waals surface area contributed by atoms with Crippen LogP contribution in [0.25, 0.3) is 0 Å². The Balaban J connectivity index is 1.92. The monoisotopic (exact) mass is 385 g/mol. The zero-order valence-electron chi connectivity index (χ0n) is 10.9. The van der Waals surface area contributed by atoms with Crippen LogP contribution in [-0.4, -0.2) is 5.60 Å². The Morgan fingerprint density at radius 1 is 1.32 bits per heavy atom. The van der Waals surface area contributed by atoms with Crippen LogP contribution in [0.3, 0.4) is 0 Å². The lowest BCUT2D eigenvalue weighted by Gasteiger charge is -2.16. The quantitative estimate of drug-likeness (QED) is 0.790. The Morgan fingerprint density at radius 3 is 2.79 bits per heavy atom. The van der Waals surface area contributed by atoms with Gasteiger partial charge in [-0.3, -0.25) is 0 Å². The number of hydrogen-bond donors (Lipinski definition) is 1. The molecule has 2 aromatic rings. The van der Waals surface area contributed by atoms with E-state index in [1.165, 1.54) is 14.0 Å². The molecule has 1 unspecified atom stereocenters. The van der Waals surface area contributed by atoms with E-state index in [-0.39, 0.29) is 11.6 Å². The van der Waals surface area contributed by atoms with Gasteiger partial charge in [-0.05, 0) is 70.6 Å². The van der Waals surface area contributed by atoms with Crippen LogP contribution in [0.5, 0.6) is 5.75 Å². The van der Waals surface area contributed by atoms with E-state index in [4.69, 9.17) is 10.5 Å². The molecular weight excluding hydrogens is 369 g/mol. The summed E-state index contributed by atoms with van der Waals surface area (Å²) in [7, 11) is 0. The van der Waals surface area contributed by atoms with Gasteiger partial charge in [0, 0.05) is 6.42 Å². The van der Waals surface area contributed by atoms with Crippen LogP contribution in [0.4, 0.5) is 0 Å². The molecule has 2 heterocycles. The minimum Gasteiger partial charge on any atom is -0.487 e. The zero-order chi connectivity index (χ0) is 13.6. The van der Waals surface area contributed by atoms with Gasteiger partial charge < -0.3 is 10.5 Å². The predicted molar refractivity (Wildman–Crippen MR) is 87.9 cm³/mol. The Bertz CT molecular complexity index is 620. The highest BCUT2D eigenvalue weighted by molar-refractivity contribution is 14.1. The third-order valence-corrected chi connectivity index (χ3v) is 5.20. The first-order valence-electron chi connectivity index (χ1n) is 6.26. The van der Waals surface area contributed by atoms with Gasteiger partial charge in [0.1, 0.15) is 11.4 Å². The average molecular weight is 385 g/mol. The van der Waals surface area contributed by atoms with Gasteiger partial charge in [-0.15, -0.1) is 11.3 Å². The highest BCUT2D eigenvalue weighted by Gasteiger charge is 2.30. The SMILES string of the molecule is CC1(C)Cc2cc(C(N)c3csc(I)c3)ccc2O1. The molecule has 2 N–H and O–H groups in total. The molecule has 1 aromatic heterocycles. The van der Waals surface area contributed by atoms with E-state index in [9.17, 15) is 0 Å². The number of benzene rings is 1. The van der Waals surface area contributed by atoms with E-state index in [1.807, 2.05) is 0 Å². The number of fused-ring (bicyclic) bond motifs is 1. The second-order valence-electron chi connectivity index (χ2n) is 5.57. The first-order chi connectivity index (χ1) is 8.94. The van der Waals surface area contributed by atoms with E-state index in [0.717, 1.165) is 17.7 Å². The Kier molecular flexibility index (Phi) is 3.35. The molecule has 0 bridgehead atoms. The van der Waals surface area contributed by atoms with Gasteiger partial charge in [-0.25, -0.2) is 0 Å². The largest absolute Gasteiger partial charge is 0.487 e. The van der Waals surface area contributed by atoms with Crippen molar-refractivity contribution in [3.63, 3.8) is 0 Å². The lowest BCUT2D eigenvalue weighted by molar-refractivity contribution is 0.138. The Morgan fingerprint density at radius 2 is 2.11 bits per heavy atom. The highest BCUT2D eigenvalue weighted by Crippen LogP contribution is 2.37. The first-order valence-corrected chi connectivity index (χ1v) is 8.22. The fourth-order valence-electron chi connectivity index (χ4n) is 2.50. The molecule has 3 rings (SSSR count). The molecule has 0 fully saturated rings. The number of hydrogen-bond acceptors (Lipinski definition) is 3. The summed E-state index contributed by atoms with van der Waals surface area (Å²) < 4.78 is 7.17. The maximum absolute atomic E-state index is 6.35. The third kappa shape index (κ3) is 2.66. The van der Waals surface area contributed by atoms with Crippen molar-refractivity contribution in [2.75, 3.05) is 0 Å². The van der Waals surface area contributed by atoms with Crippen molar-refractivity contribution in [2.45, 2.75) is 31.9 Å². The molecule has 1 atom stereocenters. The molecule has 0 amide bonds. The molecule has 1 aromatic carbocycles. The highest BCUT2D eigenvalue weighted by atomic mass is 127. The molecule has 2 nitrogen and oxygen atoms in total. The minimum atomic E-state index is -0.0944. The summed E-state index contributed by atoms with van der Waals surface area (Å²) in [5.74, 6) is 1.00. The van der Waals surface area contributed by atoms with E-state index >= 15 is 0 Å². The van der Waals surface area contributed by atoms with E-state index < -0.39 is 0 Å². The fourth-order valence-corrected chi connectivity index (χ4v) is 3.91. The second-order valence-corrected chi connectivity index (χ2v) is 8.37. The summed E-state index contributed by atoms with van der Waals surface area (Å²) in [6, 6.07) is 8.43. The van der Waals surface area contributed by atoms with Crippen LogP contribution in [0, 0.1) is 2.88 Å². The first kappa shape index (κ1) is 13.4. The molecule has 100 valence electrons. The summed E-state index contributed by atoms with van der Waals surface area (Å²) in [4.78, 5) is 0. The zero-order valence-corrected chi connectivity index (χ0v) is 13.9. The smallest absolute Gasteiger partial charge is 0.123 e. The molecule has 0 aliphatic carbocycles. The Hall–Kier alpha value is -0.590. The number of nitrogens with two attached hydrogens (primary N) is 1. The molecule has 0 saturated carbocycles. The van der Waals surface area contributed by atoms with Crippen molar-refractivity contribution in [2.24, 2.45) is 5.73 Å². The van der Waals surface area contributed by atoms with Gasteiger partial charge >= 0.3 is 0 Å². The second kappa shape index (κ2) is 4.75. The lowest BCUT2D eigenvalue weighted by atomic mass is 9.96. The van der Waals surface area contributed by atoms with Gasteiger partial charge in [-0.2, -0.15) is 0 Å². The van der Waals surface area contributed by atoms with Crippen molar-refractivity contribution in [3.05, 3.63) is 49.2 Å². The maximum atomic E-state index is 6.35.